The molecule has 0 aromatic heterocycles. The zero-order valence-corrected chi connectivity index (χ0v) is 11.0. The van der Waals surface area contributed by atoms with Crippen molar-refractivity contribution in [1.82, 2.24) is 5.32 Å². The lowest BCUT2D eigenvalue weighted by atomic mass is 9.93. The third-order valence-electron chi connectivity index (χ3n) is 4.09. The predicted molar refractivity (Wildman–Crippen MR) is 74.2 cm³/mol. The van der Waals surface area contributed by atoms with Crippen LogP contribution < -0.4 is 5.32 Å². The Bertz CT molecular complexity index is 307. The van der Waals surface area contributed by atoms with Crippen molar-refractivity contribution in [2.75, 3.05) is 6.54 Å². The monoisotopic (exact) mass is 231 g/mol. The highest BCUT2D eigenvalue weighted by Crippen LogP contribution is 2.23. The van der Waals surface area contributed by atoms with Crippen LogP contribution in [0.1, 0.15) is 44.6 Å². The number of rotatable bonds is 6. The summed E-state index contributed by atoms with van der Waals surface area (Å²) < 4.78 is 0. The molecule has 1 aliphatic rings. The lowest BCUT2D eigenvalue weighted by molar-refractivity contribution is 0.400. The van der Waals surface area contributed by atoms with Gasteiger partial charge in [0.25, 0.3) is 0 Å². The van der Waals surface area contributed by atoms with Gasteiger partial charge in [0.15, 0.2) is 0 Å². The van der Waals surface area contributed by atoms with Gasteiger partial charge in [0, 0.05) is 6.04 Å². The van der Waals surface area contributed by atoms with Crippen molar-refractivity contribution in [2.45, 2.75) is 51.5 Å². The molecular formula is C16H25N. The zero-order chi connectivity index (χ0) is 11.9. The molecule has 1 saturated heterocycles. The van der Waals surface area contributed by atoms with Gasteiger partial charge in [-0.05, 0) is 43.7 Å². The highest BCUT2D eigenvalue weighted by atomic mass is 14.9. The molecule has 94 valence electrons. The maximum Gasteiger partial charge on any atom is 0.00957 e. The van der Waals surface area contributed by atoms with E-state index in [-0.39, 0.29) is 0 Å². The molecule has 1 heterocycles. The van der Waals surface area contributed by atoms with E-state index in [2.05, 4.69) is 42.6 Å². The van der Waals surface area contributed by atoms with E-state index in [1.807, 2.05) is 0 Å². The molecule has 2 rings (SSSR count). The largest absolute Gasteiger partial charge is 0.314 e. The molecule has 0 bridgehead atoms. The quantitative estimate of drug-likeness (QED) is 0.735. The van der Waals surface area contributed by atoms with Crippen LogP contribution in [0, 0.1) is 5.92 Å². The summed E-state index contributed by atoms with van der Waals surface area (Å²) in [4.78, 5) is 0. The normalized spacial score (nSPS) is 24.1. The molecule has 2 atom stereocenters. The van der Waals surface area contributed by atoms with Crippen LogP contribution in [0.5, 0.6) is 0 Å². The predicted octanol–water partition coefficient (Wildman–Crippen LogP) is 3.79. The van der Waals surface area contributed by atoms with E-state index >= 15 is 0 Å². The van der Waals surface area contributed by atoms with E-state index in [1.54, 1.807) is 0 Å². The van der Waals surface area contributed by atoms with Crippen LogP contribution in [0.15, 0.2) is 30.3 Å². The Morgan fingerprint density at radius 3 is 2.76 bits per heavy atom. The van der Waals surface area contributed by atoms with E-state index in [9.17, 15) is 0 Å². The molecule has 1 N–H and O–H groups in total. The Morgan fingerprint density at radius 1 is 1.18 bits per heavy atom. The van der Waals surface area contributed by atoms with Gasteiger partial charge in [0.2, 0.25) is 0 Å². The van der Waals surface area contributed by atoms with E-state index < -0.39 is 0 Å². The summed E-state index contributed by atoms with van der Waals surface area (Å²) in [7, 11) is 0. The van der Waals surface area contributed by atoms with E-state index in [0.29, 0.717) is 0 Å². The van der Waals surface area contributed by atoms with Crippen LogP contribution >= 0.6 is 0 Å². The molecule has 1 nitrogen and oxygen atoms in total. The van der Waals surface area contributed by atoms with Crippen molar-refractivity contribution in [3.63, 3.8) is 0 Å². The fourth-order valence-electron chi connectivity index (χ4n) is 2.99. The summed E-state index contributed by atoms with van der Waals surface area (Å²) >= 11 is 0. The lowest BCUT2D eigenvalue weighted by Crippen LogP contribution is -2.26. The van der Waals surface area contributed by atoms with Crippen LogP contribution in [0.3, 0.4) is 0 Å². The van der Waals surface area contributed by atoms with Gasteiger partial charge in [-0.1, -0.05) is 50.1 Å². The first kappa shape index (κ1) is 12.6. The van der Waals surface area contributed by atoms with Crippen molar-refractivity contribution in [3.05, 3.63) is 35.9 Å². The van der Waals surface area contributed by atoms with E-state index in [4.69, 9.17) is 0 Å². The van der Waals surface area contributed by atoms with Gasteiger partial charge in [-0.15, -0.1) is 0 Å². The topological polar surface area (TPSA) is 12.0 Å². The summed E-state index contributed by atoms with van der Waals surface area (Å²) in [5.74, 6) is 0.937. The van der Waals surface area contributed by atoms with Crippen LogP contribution in [0.25, 0.3) is 0 Å². The van der Waals surface area contributed by atoms with Gasteiger partial charge < -0.3 is 5.32 Å². The summed E-state index contributed by atoms with van der Waals surface area (Å²) in [6.45, 7) is 3.57. The van der Waals surface area contributed by atoms with Crippen LogP contribution in [-0.4, -0.2) is 12.6 Å². The summed E-state index contributed by atoms with van der Waals surface area (Å²) in [5.41, 5.74) is 1.49. The Kier molecular flexibility index (Phi) is 5.06. The van der Waals surface area contributed by atoms with Crippen LogP contribution in [0.2, 0.25) is 0 Å². The lowest BCUT2D eigenvalue weighted by Gasteiger charge is -2.17. The highest BCUT2D eigenvalue weighted by Gasteiger charge is 2.24. The molecule has 0 aliphatic carbocycles. The molecule has 1 fully saturated rings. The fourth-order valence-corrected chi connectivity index (χ4v) is 2.99. The molecule has 0 radical (unpaired) electrons. The Balaban J connectivity index is 1.63. The third kappa shape index (κ3) is 3.85. The minimum absolute atomic E-state index is 0.802. The maximum absolute atomic E-state index is 3.66. The number of aryl methyl sites for hydroxylation is 1. The first-order valence-corrected chi connectivity index (χ1v) is 7.17. The van der Waals surface area contributed by atoms with Gasteiger partial charge in [0.05, 0.1) is 0 Å². The van der Waals surface area contributed by atoms with Gasteiger partial charge in [0.1, 0.15) is 0 Å². The van der Waals surface area contributed by atoms with Crippen molar-refractivity contribution in [3.8, 4) is 0 Å². The van der Waals surface area contributed by atoms with Crippen molar-refractivity contribution < 1.29 is 0 Å². The molecule has 17 heavy (non-hydrogen) atoms. The number of hydrogen-bond donors (Lipinski definition) is 1. The number of unbranched alkanes of at least 4 members (excludes halogenated alkanes) is 1. The fraction of sp³-hybridized carbons (Fsp3) is 0.625. The second-order valence-corrected chi connectivity index (χ2v) is 5.25. The van der Waals surface area contributed by atoms with Crippen molar-refractivity contribution in [2.24, 2.45) is 5.92 Å². The second-order valence-electron chi connectivity index (χ2n) is 5.25. The second kappa shape index (κ2) is 6.80. The number of hydrogen-bond acceptors (Lipinski definition) is 1. The van der Waals surface area contributed by atoms with Crippen LogP contribution in [-0.2, 0) is 6.42 Å². The van der Waals surface area contributed by atoms with Gasteiger partial charge in [-0.3, -0.25) is 0 Å². The summed E-state index contributed by atoms with van der Waals surface area (Å²) in [5, 5.41) is 3.66. The molecule has 1 heteroatoms. The zero-order valence-electron chi connectivity index (χ0n) is 11.0. The minimum atomic E-state index is 0.802. The maximum atomic E-state index is 3.66. The molecule has 0 saturated carbocycles. The average molecular weight is 231 g/mol. The molecule has 1 aromatic carbocycles. The van der Waals surface area contributed by atoms with Crippen LogP contribution in [0.4, 0.5) is 0 Å². The van der Waals surface area contributed by atoms with Gasteiger partial charge in [-0.25, -0.2) is 0 Å². The smallest absolute Gasteiger partial charge is 0.00957 e. The average Bonchev–Trinajstić information content (AvgIpc) is 2.83. The SMILES string of the molecule is CCC1CCNC1CCCCc1ccccc1. The molecule has 2 unspecified atom stereocenters. The summed E-state index contributed by atoms with van der Waals surface area (Å²) in [6.07, 6.45) is 8.04. The molecule has 0 spiro atoms. The number of nitrogens with one attached hydrogen (secondary N) is 1. The molecule has 0 amide bonds. The Labute approximate surface area is 106 Å². The number of benzene rings is 1. The Morgan fingerprint density at radius 2 is 2.00 bits per heavy atom. The van der Waals surface area contributed by atoms with Gasteiger partial charge in [-0.2, -0.15) is 0 Å². The van der Waals surface area contributed by atoms with Crippen molar-refractivity contribution in [1.29, 1.82) is 0 Å². The minimum Gasteiger partial charge on any atom is -0.314 e. The first-order valence-electron chi connectivity index (χ1n) is 7.17. The van der Waals surface area contributed by atoms with E-state index in [1.165, 1.54) is 50.6 Å². The first-order chi connectivity index (χ1) is 8.40. The van der Waals surface area contributed by atoms with E-state index in [0.717, 1.165) is 12.0 Å². The molecule has 1 aliphatic heterocycles. The van der Waals surface area contributed by atoms with Crippen molar-refractivity contribution >= 4 is 0 Å². The highest BCUT2D eigenvalue weighted by molar-refractivity contribution is 5.14. The third-order valence-corrected chi connectivity index (χ3v) is 4.09. The molecule has 1 aromatic rings. The Hall–Kier alpha value is -0.820. The standard InChI is InChI=1S/C16H25N/c1-2-15-12-13-17-16(15)11-7-6-10-14-8-4-3-5-9-14/h3-5,8-9,15-17H,2,6-7,10-13H2,1H3. The molecular weight excluding hydrogens is 206 g/mol. The van der Waals surface area contributed by atoms with Gasteiger partial charge >= 0.3 is 0 Å². The summed E-state index contributed by atoms with van der Waals surface area (Å²) in [6, 6.07) is 11.7.